The van der Waals surface area contributed by atoms with Crippen molar-refractivity contribution >= 4 is 5.97 Å². The van der Waals surface area contributed by atoms with Gasteiger partial charge in [0.15, 0.2) is 0 Å². The third-order valence-corrected chi connectivity index (χ3v) is 10.8. The standard InChI is InChI=1S/C38H46O5.3C3H8/c1-6-21(3)32(7-2)42-26-15-11-24-13-17-28-34(30(24)19-26)36(38(40)41)35-29(37(28)39)18-14-25-12-16-27(20-31(25)35)43-33-10-8-9-22(4)23(33)5;3*1-3-2/h11-12,15-16,19-23,32-33,39H,6-10,13-14,17-18H2,1-5H3,(H,40,41);3*3H2,1-2H3. The minimum atomic E-state index is -0.966. The topological polar surface area (TPSA) is 76.0 Å². The highest BCUT2D eigenvalue weighted by Crippen LogP contribution is 2.51. The van der Waals surface area contributed by atoms with Crippen LogP contribution in [0.2, 0.25) is 0 Å². The van der Waals surface area contributed by atoms with E-state index in [9.17, 15) is 15.0 Å². The monoisotopic (exact) mass is 715 g/mol. The van der Waals surface area contributed by atoms with Crippen LogP contribution >= 0.6 is 0 Å². The summed E-state index contributed by atoms with van der Waals surface area (Å²) in [6, 6.07) is 12.2. The molecule has 0 saturated heterocycles. The van der Waals surface area contributed by atoms with Crippen LogP contribution in [0.25, 0.3) is 22.3 Å². The number of carboxylic acid groups (broad SMARTS) is 1. The molecule has 0 radical (unpaired) electrons. The lowest BCUT2D eigenvalue weighted by Crippen LogP contribution is -2.33. The molecule has 2 N–H and O–H groups in total. The van der Waals surface area contributed by atoms with Crippen molar-refractivity contribution in [3.05, 3.63) is 64.2 Å². The second-order valence-corrected chi connectivity index (χ2v) is 15.4. The van der Waals surface area contributed by atoms with Gasteiger partial charge in [-0.15, -0.1) is 0 Å². The second kappa shape index (κ2) is 20.7. The zero-order chi connectivity index (χ0) is 38.5. The van der Waals surface area contributed by atoms with Crippen LogP contribution in [0, 0.1) is 17.8 Å². The molecule has 0 heterocycles. The zero-order valence-corrected chi connectivity index (χ0v) is 34.5. The Hall–Kier alpha value is -3.47. The maximum atomic E-state index is 13.2. The molecule has 3 aliphatic carbocycles. The quantitative estimate of drug-likeness (QED) is 0.243. The molecule has 5 unspecified atom stereocenters. The zero-order valence-electron chi connectivity index (χ0n) is 34.5. The predicted octanol–water partition coefficient (Wildman–Crippen LogP) is 13.3. The van der Waals surface area contributed by atoms with Crippen molar-refractivity contribution in [2.24, 2.45) is 17.8 Å². The molecule has 5 atom stereocenters. The number of carbonyl (C=O) groups is 1. The number of aromatic hydroxyl groups is 1. The van der Waals surface area contributed by atoms with Crippen molar-refractivity contribution in [1.29, 1.82) is 0 Å². The van der Waals surface area contributed by atoms with Gasteiger partial charge >= 0.3 is 5.97 Å². The smallest absolute Gasteiger partial charge is 0.336 e. The maximum absolute atomic E-state index is 13.2. The van der Waals surface area contributed by atoms with E-state index < -0.39 is 5.97 Å². The average molecular weight is 715 g/mol. The lowest BCUT2D eigenvalue weighted by atomic mass is 9.74. The SMILES string of the molecule is CCC.CCC.CCC.CCC(C)C(CC)Oc1ccc2c(c1)-c1c(c(O)c3c(c1C(=O)O)-c1cc(OC4CCCC(C)C4C)ccc1CC3)CC2. The van der Waals surface area contributed by atoms with Crippen LogP contribution in [-0.2, 0) is 25.7 Å². The van der Waals surface area contributed by atoms with E-state index in [4.69, 9.17) is 9.47 Å². The van der Waals surface area contributed by atoms with Crippen molar-refractivity contribution in [1.82, 2.24) is 0 Å². The number of phenols is 1. The number of carboxylic acids is 1. The first kappa shape index (κ1) is 42.9. The molecule has 1 saturated carbocycles. The number of hydrogen-bond acceptors (Lipinski definition) is 4. The van der Waals surface area contributed by atoms with Gasteiger partial charge in [0.2, 0.25) is 0 Å². The number of benzene rings is 3. The Bertz CT molecular complexity index is 1580. The molecule has 0 aliphatic heterocycles. The van der Waals surface area contributed by atoms with E-state index in [0.29, 0.717) is 41.7 Å². The minimum Gasteiger partial charge on any atom is -0.507 e. The van der Waals surface area contributed by atoms with E-state index in [0.717, 1.165) is 83.4 Å². The lowest BCUT2D eigenvalue weighted by molar-refractivity contribution is 0.0689. The number of aromatic carboxylic acids is 1. The second-order valence-electron chi connectivity index (χ2n) is 15.4. The summed E-state index contributed by atoms with van der Waals surface area (Å²) in [6.07, 6.45) is 12.1. The van der Waals surface area contributed by atoms with Crippen LogP contribution in [0.4, 0.5) is 0 Å². The van der Waals surface area contributed by atoms with Gasteiger partial charge in [-0.05, 0) is 109 Å². The third-order valence-electron chi connectivity index (χ3n) is 10.8. The van der Waals surface area contributed by atoms with Crippen molar-refractivity contribution < 1.29 is 24.5 Å². The molecule has 5 heteroatoms. The molecule has 3 aromatic carbocycles. The summed E-state index contributed by atoms with van der Waals surface area (Å²) in [5.41, 5.74) is 6.98. The molecule has 6 rings (SSSR count). The molecule has 5 nitrogen and oxygen atoms in total. The first-order valence-corrected chi connectivity index (χ1v) is 20.7. The summed E-state index contributed by atoms with van der Waals surface area (Å²) in [5.74, 6) is 2.30. The largest absolute Gasteiger partial charge is 0.507 e. The summed E-state index contributed by atoms with van der Waals surface area (Å²) >= 11 is 0. The lowest BCUT2D eigenvalue weighted by Gasteiger charge is -2.34. The summed E-state index contributed by atoms with van der Waals surface area (Å²) in [7, 11) is 0. The van der Waals surface area contributed by atoms with E-state index in [1.54, 1.807) is 0 Å². The van der Waals surface area contributed by atoms with Crippen LogP contribution in [-0.4, -0.2) is 28.4 Å². The van der Waals surface area contributed by atoms with Crippen LogP contribution in [0.3, 0.4) is 0 Å². The fraction of sp³-hybridized carbons (Fsp3) is 0.596. The molecule has 1 fully saturated rings. The summed E-state index contributed by atoms with van der Waals surface area (Å²) in [6.45, 7) is 23.9. The number of rotatable bonds is 8. The molecule has 0 spiro atoms. The number of fused-ring (bicyclic) bond motifs is 6. The van der Waals surface area contributed by atoms with Gasteiger partial charge in [-0.2, -0.15) is 0 Å². The van der Waals surface area contributed by atoms with E-state index >= 15 is 0 Å². The molecule has 3 aliphatic rings. The highest BCUT2D eigenvalue weighted by atomic mass is 16.5. The molecule has 0 bridgehead atoms. The van der Waals surface area contributed by atoms with Gasteiger partial charge in [-0.25, -0.2) is 4.79 Å². The van der Waals surface area contributed by atoms with Crippen molar-refractivity contribution in [2.45, 2.75) is 165 Å². The Kier molecular flexibility index (Phi) is 17.1. The van der Waals surface area contributed by atoms with Gasteiger partial charge in [0, 0.05) is 22.3 Å². The van der Waals surface area contributed by atoms with Gasteiger partial charge < -0.3 is 19.7 Å². The summed E-state index contributed by atoms with van der Waals surface area (Å²) in [4.78, 5) is 13.2. The van der Waals surface area contributed by atoms with Crippen molar-refractivity contribution in [3.63, 3.8) is 0 Å². The molecular formula is C47H70O5. The first-order chi connectivity index (χ1) is 25.0. The van der Waals surface area contributed by atoms with Crippen molar-refractivity contribution in [2.75, 3.05) is 0 Å². The number of ether oxygens (including phenoxy) is 2. The fourth-order valence-electron chi connectivity index (χ4n) is 7.73. The van der Waals surface area contributed by atoms with Gasteiger partial charge in [-0.3, -0.25) is 0 Å². The Morgan fingerprint density at radius 2 is 1.25 bits per heavy atom. The highest BCUT2D eigenvalue weighted by molar-refractivity contribution is 6.07. The third kappa shape index (κ3) is 9.94. The van der Waals surface area contributed by atoms with Crippen LogP contribution in [0.15, 0.2) is 36.4 Å². The van der Waals surface area contributed by atoms with E-state index in [1.807, 2.05) is 24.3 Å². The van der Waals surface area contributed by atoms with Gasteiger partial charge in [0.1, 0.15) is 29.5 Å². The van der Waals surface area contributed by atoms with E-state index in [1.165, 1.54) is 25.7 Å². The Morgan fingerprint density at radius 1 is 0.750 bits per heavy atom. The molecule has 52 heavy (non-hydrogen) atoms. The normalized spacial score (nSPS) is 19.2. The van der Waals surface area contributed by atoms with Crippen LogP contribution < -0.4 is 9.47 Å². The summed E-state index contributed by atoms with van der Waals surface area (Å²) in [5, 5.41) is 22.6. The minimum absolute atomic E-state index is 0.0853. The van der Waals surface area contributed by atoms with Gasteiger partial charge in [0.25, 0.3) is 0 Å². The van der Waals surface area contributed by atoms with E-state index in [-0.39, 0.29) is 23.5 Å². The maximum Gasteiger partial charge on any atom is 0.336 e. The Labute approximate surface area is 316 Å². The molecular weight excluding hydrogens is 645 g/mol. The van der Waals surface area contributed by atoms with Gasteiger partial charge in [0.05, 0.1) is 5.56 Å². The Morgan fingerprint density at radius 3 is 1.73 bits per heavy atom. The molecule has 288 valence electrons. The summed E-state index contributed by atoms with van der Waals surface area (Å²) < 4.78 is 13.1. The Balaban J connectivity index is 0.000000737. The molecule has 0 aromatic heterocycles. The predicted molar refractivity (Wildman–Crippen MR) is 219 cm³/mol. The molecule has 3 aromatic rings. The average Bonchev–Trinajstić information content (AvgIpc) is 3.13. The van der Waals surface area contributed by atoms with E-state index in [2.05, 4.69) is 88.3 Å². The van der Waals surface area contributed by atoms with Crippen LogP contribution in [0.5, 0.6) is 17.2 Å². The fourth-order valence-corrected chi connectivity index (χ4v) is 7.73. The number of aryl methyl sites for hydroxylation is 2. The van der Waals surface area contributed by atoms with Crippen LogP contribution in [0.1, 0.15) is 160 Å². The molecule has 0 amide bonds. The number of hydrogen-bond donors (Lipinski definition) is 2. The number of phenolic OH excluding ortho intramolecular Hbond substituents is 1. The highest BCUT2D eigenvalue weighted by Gasteiger charge is 2.35. The first-order valence-electron chi connectivity index (χ1n) is 20.7. The van der Waals surface area contributed by atoms with Crippen molar-refractivity contribution in [3.8, 4) is 39.5 Å². The van der Waals surface area contributed by atoms with Gasteiger partial charge in [-0.1, -0.05) is 120 Å².